The molecule has 0 radical (unpaired) electrons. The standard InChI is InChI=1S/C23H21N3O5S/c1-14-8-15(2)10-17(9-14)25-21(27)13-26-22(28)20(32-23(26)29)12-16-4-5-18(31-7-6-24)19(11-16)30-3/h4-5,8-12H,7,13H2,1-3H3,(H,25,27)/b20-12-. The predicted molar refractivity (Wildman–Crippen MR) is 121 cm³/mol. The fourth-order valence-corrected chi connectivity index (χ4v) is 4.02. The van der Waals surface area contributed by atoms with Gasteiger partial charge in [0.2, 0.25) is 5.91 Å². The molecule has 3 amide bonds. The third-order valence-electron chi connectivity index (χ3n) is 4.46. The number of ether oxygens (including phenoxy) is 2. The summed E-state index contributed by atoms with van der Waals surface area (Å²) < 4.78 is 10.5. The molecule has 2 aromatic rings. The Morgan fingerprint density at radius 3 is 2.53 bits per heavy atom. The van der Waals surface area contributed by atoms with E-state index in [2.05, 4.69) is 5.32 Å². The SMILES string of the molecule is COc1cc(/C=C2\SC(=O)N(CC(=O)Nc3cc(C)cc(C)c3)C2=O)ccc1OCC#N. The number of nitrogens with zero attached hydrogens (tertiary/aromatic N) is 2. The number of thioether (sulfide) groups is 1. The topological polar surface area (TPSA) is 109 Å². The fraction of sp³-hybridized carbons (Fsp3) is 0.217. The second-order valence-electron chi connectivity index (χ2n) is 7.05. The van der Waals surface area contributed by atoms with E-state index in [4.69, 9.17) is 14.7 Å². The van der Waals surface area contributed by atoms with Crippen LogP contribution in [0.15, 0.2) is 41.3 Å². The molecule has 8 nitrogen and oxygen atoms in total. The van der Waals surface area contributed by atoms with Crippen molar-refractivity contribution in [1.82, 2.24) is 4.90 Å². The van der Waals surface area contributed by atoms with Crippen LogP contribution in [0.5, 0.6) is 11.5 Å². The first-order chi connectivity index (χ1) is 15.3. The number of methoxy groups -OCH3 is 1. The first-order valence-electron chi connectivity index (χ1n) is 9.62. The Kier molecular flexibility index (Phi) is 7.18. The number of imide groups is 1. The highest BCUT2D eigenvalue weighted by molar-refractivity contribution is 8.18. The summed E-state index contributed by atoms with van der Waals surface area (Å²) in [6, 6.07) is 12.4. The highest BCUT2D eigenvalue weighted by atomic mass is 32.2. The van der Waals surface area contributed by atoms with Gasteiger partial charge in [0.25, 0.3) is 11.1 Å². The Morgan fingerprint density at radius 1 is 1.16 bits per heavy atom. The van der Waals surface area contributed by atoms with E-state index in [1.54, 1.807) is 24.3 Å². The molecule has 0 spiro atoms. The predicted octanol–water partition coefficient (Wildman–Crippen LogP) is 3.89. The van der Waals surface area contributed by atoms with Crippen LogP contribution >= 0.6 is 11.8 Å². The molecule has 1 aliphatic heterocycles. The minimum Gasteiger partial charge on any atom is -0.493 e. The van der Waals surface area contributed by atoms with Crippen LogP contribution in [0.1, 0.15) is 16.7 Å². The van der Waals surface area contributed by atoms with Crippen molar-refractivity contribution < 1.29 is 23.9 Å². The van der Waals surface area contributed by atoms with E-state index in [0.717, 1.165) is 27.8 Å². The third kappa shape index (κ3) is 5.47. The molecule has 0 unspecified atom stereocenters. The molecule has 3 rings (SSSR count). The molecule has 1 aliphatic rings. The summed E-state index contributed by atoms with van der Waals surface area (Å²) in [5.41, 5.74) is 3.21. The van der Waals surface area contributed by atoms with Gasteiger partial charge in [-0.3, -0.25) is 19.3 Å². The summed E-state index contributed by atoms with van der Waals surface area (Å²) in [7, 11) is 1.46. The summed E-state index contributed by atoms with van der Waals surface area (Å²) in [5, 5.41) is 10.9. The minimum atomic E-state index is -0.542. The lowest BCUT2D eigenvalue weighted by Gasteiger charge is -2.13. The monoisotopic (exact) mass is 451 g/mol. The van der Waals surface area contributed by atoms with Crippen LogP contribution in [0.25, 0.3) is 6.08 Å². The lowest BCUT2D eigenvalue weighted by atomic mass is 10.1. The number of nitriles is 1. The first-order valence-corrected chi connectivity index (χ1v) is 10.4. The Labute approximate surface area is 189 Å². The molecule has 1 heterocycles. The number of aryl methyl sites for hydroxylation is 2. The van der Waals surface area contributed by atoms with E-state index in [-0.39, 0.29) is 18.1 Å². The second-order valence-corrected chi connectivity index (χ2v) is 8.04. The Morgan fingerprint density at radius 2 is 1.88 bits per heavy atom. The maximum Gasteiger partial charge on any atom is 0.294 e. The van der Waals surface area contributed by atoms with Gasteiger partial charge in [-0.1, -0.05) is 12.1 Å². The van der Waals surface area contributed by atoms with Crippen molar-refractivity contribution in [2.45, 2.75) is 13.8 Å². The van der Waals surface area contributed by atoms with Gasteiger partial charge in [-0.2, -0.15) is 5.26 Å². The van der Waals surface area contributed by atoms with Crippen LogP contribution in [0.3, 0.4) is 0 Å². The zero-order chi connectivity index (χ0) is 23.3. The van der Waals surface area contributed by atoms with E-state index in [0.29, 0.717) is 22.7 Å². The maximum absolute atomic E-state index is 12.7. The number of nitrogens with one attached hydrogen (secondary N) is 1. The smallest absolute Gasteiger partial charge is 0.294 e. The van der Waals surface area contributed by atoms with Gasteiger partial charge in [-0.05, 0) is 72.6 Å². The number of carbonyl (C=O) groups excluding carboxylic acids is 3. The van der Waals surface area contributed by atoms with Gasteiger partial charge in [0.05, 0.1) is 12.0 Å². The number of hydrogen-bond acceptors (Lipinski definition) is 7. The van der Waals surface area contributed by atoms with E-state index in [1.165, 1.54) is 7.11 Å². The molecule has 0 saturated carbocycles. The van der Waals surface area contributed by atoms with Crippen LogP contribution < -0.4 is 14.8 Å². The summed E-state index contributed by atoms with van der Waals surface area (Å²) in [6.07, 6.45) is 1.54. The molecule has 0 atom stereocenters. The Balaban J connectivity index is 1.72. The number of benzene rings is 2. The van der Waals surface area contributed by atoms with Crippen molar-refractivity contribution >= 4 is 40.6 Å². The molecule has 0 aliphatic carbocycles. The lowest BCUT2D eigenvalue weighted by molar-refractivity contribution is -0.127. The van der Waals surface area contributed by atoms with Crippen molar-refractivity contribution in [3.8, 4) is 17.6 Å². The van der Waals surface area contributed by atoms with Gasteiger partial charge >= 0.3 is 0 Å². The molecule has 1 N–H and O–H groups in total. The highest BCUT2D eigenvalue weighted by Gasteiger charge is 2.36. The number of rotatable bonds is 7. The summed E-state index contributed by atoms with van der Waals surface area (Å²) >= 11 is 0.765. The van der Waals surface area contributed by atoms with Crippen molar-refractivity contribution in [3.05, 3.63) is 58.0 Å². The minimum absolute atomic E-state index is 0.126. The maximum atomic E-state index is 12.7. The highest BCUT2D eigenvalue weighted by Crippen LogP contribution is 2.34. The molecule has 9 heteroatoms. The summed E-state index contributed by atoms with van der Waals surface area (Å²) in [5.74, 6) is -0.220. The second kappa shape index (κ2) is 10.0. The zero-order valence-corrected chi connectivity index (χ0v) is 18.6. The molecule has 32 heavy (non-hydrogen) atoms. The van der Waals surface area contributed by atoms with Crippen LogP contribution in [-0.2, 0) is 9.59 Å². The van der Waals surface area contributed by atoms with E-state index >= 15 is 0 Å². The number of hydrogen-bond donors (Lipinski definition) is 1. The quantitative estimate of drug-likeness (QED) is 0.636. The van der Waals surface area contributed by atoms with Crippen molar-refractivity contribution in [2.75, 3.05) is 25.6 Å². The molecule has 1 fully saturated rings. The largest absolute Gasteiger partial charge is 0.493 e. The van der Waals surface area contributed by atoms with Gasteiger partial charge in [-0.25, -0.2) is 0 Å². The molecular weight excluding hydrogens is 430 g/mol. The average molecular weight is 452 g/mol. The van der Waals surface area contributed by atoms with Gasteiger partial charge in [0.15, 0.2) is 18.1 Å². The zero-order valence-electron chi connectivity index (χ0n) is 17.8. The van der Waals surface area contributed by atoms with E-state index in [1.807, 2.05) is 38.1 Å². The van der Waals surface area contributed by atoms with Gasteiger partial charge < -0.3 is 14.8 Å². The molecule has 1 saturated heterocycles. The van der Waals surface area contributed by atoms with Crippen LogP contribution in [-0.4, -0.2) is 42.2 Å². The fourth-order valence-electron chi connectivity index (χ4n) is 3.18. The normalized spacial score (nSPS) is 14.4. The van der Waals surface area contributed by atoms with Crippen LogP contribution in [0.4, 0.5) is 10.5 Å². The number of carbonyl (C=O) groups is 3. The summed E-state index contributed by atoms with van der Waals surface area (Å²) in [4.78, 5) is 38.6. The van der Waals surface area contributed by atoms with E-state index < -0.39 is 17.1 Å². The number of amides is 3. The van der Waals surface area contributed by atoms with Crippen LogP contribution in [0, 0.1) is 25.2 Å². The summed E-state index contributed by atoms with van der Waals surface area (Å²) in [6.45, 7) is 3.33. The van der Waals surface area contributed by atoms with Crippen molar-refractivity contribution in [2.24, 2.45) is 0 Å². The van der Waals surface area contributed by atoms with Gasteiger partial charge in [0, 0.05) is 5.69 Å². The van der Waals surface area contributed by atoms with Gasteiger partial charge in [0.1, 0.15) is 12.6 Å². The van der Waals surface area contributed by atoms with Crippen LogP contribution in [0.2, 0.25) is 0 Å². The molecular formula is C23H21N3O5S. The molecule has 2 aromatic carbocycles. The first kappa shape index (κ1) is 22.9. The lowest BCUT2D eigenvalue weighted by Crippen LogP contribution is -2.36. The van der Waals surface area contributed by atoms with E-state index in [9.17, 15) is 14.4 Å². The Bertz CT molecular complexity index is 1130. The third-order valence-corrected chi connectivity index (χ3v) is 5.37. The Hall–Kier alpha value is -3.77. The molecule has 164 valence electrons. The average Bonchev–Trinajstić information content (AvgIpc) is 2.99. The number of anilines is 1. The molecule has 0 aromatic heterocycles. The van der Waals surface area contributed by atoms with Crippen molar-refractivity contribution in [3.63, 3.8) is 0 Å². The van der Waals surface area contributed by atoms with Crippen molar-refractivity contribution in [1.29, 1.82) is 5.26 Å². The molecule has 0 bridgehead atoms. The van der Waals surface area contributed by atoms with Gasteiger partial charge in [-0.15, -0.1) is 0 Å².